The Morgan fingerprint density at radius 2 is 1.43 bits per heavy atom. The quantitative estimate of drug-likeness (QED) is 0.246. The minimum Gasteiger partial charge on any atom is -0.373 e. The molecule has 0 spiro atoms. The Bertz CT molecular complexity index is 254. The molecule has 0 saturated heterocycles. The maximum atomic E-state index is 6.20. The van der Waals surface area contributed by atoms with E-state index in [9.17, 15) is 0 Å². The van der Waals surface area contributed by atoms with Crippen molar-refractivity contribution in [2.24, 2.45) is 0 Å². The number of rotatable bonds is 14. The van der Waals surface area contributed by atoms with Gasteiger partial charge in [0.05, 0.1) is 0 Å². The van der Waals surface area contributed by atoms with E-state index in [-0.39, 0.29) is 5.04 Å². The second kappa shape index (κ2) is 11.4. The van der Waals surface area contributed by atoms with Gasteiger partial charge in [0.1, 0.15) is 0 Å². The topological polar surface area (TPSA) is 27.7 Å². The van der Waals surface area contributed by atoms with E-state index in [1.165, 1.54) is 19.3 Å². The molecule has 0 radical (unpaired) electrons. The van der Waals surface area contributed by atoms with Gasteiger partial charge in [-0.3, -0.25) is 0 Å². The molecule has 1 unspecified atom stereocenters. The lowest BCUT2D eigenvalue weighted by Gasteiger charge is -2.45. The van der Waals surface area contributed by atoms with E-state index >= 15 is 0 Å². The monoisotopic (exact) mass is 316 g/mol. The largest absolute Gasteiger partial charge is 0.507 e. The van der Waals surface area contributed by atoms with Gasteiger partial charge >= 0.3 is 8.80 Å². The first-order valence-corrected chi connectivity index (χ1v) is 10.4. The molecule has 0 bridgehead atoms. The molecule has 0 fully saturated rings. The van der Waals surface area contributed by atoms with E-state index in [0.29, 0.717) is 19.8 Å². The highest BCUT2D eigenvalue weighted by molar-refractivity contribution is 6.64. The minimum atomic E-state index is -2.72. The van der Waals surface area contributed by atoms with Crippen LogP contribution in [0, 0.1) is 0 Å². The van der Waals surface area contributed by atoms with Crippen LogP contribution in [0.4, 0.5) is 0 Å². The zero-order chi connectivity index (χ0) is 16.2. The summed E-state index contributed by atoms with van der Waals surface area (Å²) in [7, 11) is -2.72. The van der Waals surface area contributed by atoms with Gasteiger partial charge < -0.3 is 13.3 Å². The molecule has 4 heteroatoms. The van der Waals surface area contributed by atoms with Gasteiger partial charge in [-0.2, -0.15) is 0 Å². The molecule has 3 nitrogen and oxygen atoms in total. The molecule has 0 amide bonds. The van der Waals surface area contributed by atoms with E-state index < -0.39 is 8.80 Å². The van der Waals surface area contributed by atoms with Crippen molar-refractivity contribution in [1.82, 2.24) is 0 Å². The number of allylic oxidation sites excluding steroid dienone is 1. The van der Waals surface area contributed by atoms with Crippen LogP contribution in [0.2, 0.25) is 5.04 Å². The summed E-state index contributed by atoms with van der Waals surface area (Å²) in [6.45, 7) is 16.4. The molecule has 0 heterocycles. The van der Waals surface area contributed by atoms with Crippen molar-refractivity contribution in [2.45, 2.75) is 78.2 Å². The summed E-state index contributed by atoms with van der Waals surface area (Å²) in [6, 6.07) is 0. The highest BCUT2D eigenvalue weighted by Crippen LogP contribution is 2.51. The van der Waals surface area contributed by atoms with Crippen LogP contribution in [0.3, 0.4) is 0 Å². The second-order valence-electron chi connectivity index (χ2n) is 5.44. The Morgan fingerprint density at radius 3 is 1.76 bits per heavy atom. The van der Waals surface area contributed by atoms with Gasteiger partial charge in [0.15, 0.2) is 0 Å². The molecule has 126 valence electrons. The summed E-state index contributed by atoms with van der Waals surface area (Å²) in [5.41, 5.74) is 0. The summed E-state index contributed by atoms with van der Waals surface area (Å²) in [5.74, 6) is 0. The molecule has 0 rings (SSSR count). The summed E-state index contributed by atoms with van der Waals surface area (Å²) in [6.07, 6.45) is 8.67. The van der Waals surface area contributed by atoms with Gasteiger partial charge in [-0.1, -0.05) is 39.2 Å². The first-order valence-electron chi connectivity index (χ1n) is 8.64. The van der Waals surface area contributed by atoms with Gasteiger partial charge in [-0.05, 0) is 40.0 Å². The summed E-state index contributed by atoms with van der Waals surface area (Å²) < 4.78 is 18.6. The lowest BCUT2D eigenvalue weighted by molar-refractivity contribution is 0.0389. The number of hydrogen-bond acceptors (Lipinski definition) is 3. The predicted molar refractivity (Wildman–Crippen MR) is 92.6 cm³/mol. The highest BCUT2D eigenvalue weighted by Gasteiger charge is 2.58. The summed E-state index contributed by atoms with van der Waals surface area (Å²) in [4.78, 5) is 0. The fourth-order valence-corrected chi connectivity index (χ4v) is 6.68. The normalized spacial score (nSPS) is 14.9. The molecule has 0 saturated carbocycles. The summed E-state index contributed by atoms with van der Waals surface area (Å²) in [5, 5.41) is -0.0358. The van der Waals surface area contributed by atoms with Gasteiger partial charge in [-0.25, -0.2) is 0 Å². The van der Waals surface area contributed by atoms with E-state index in [1.807, 2.05) is 26.8 Å². The van der Waals surface area contributed by atoms with Gasteiger partial charge in [0.2, 0.25) is 0 Å². The van der Waals surface area contributed by atoms with Crippen LogP contribution >= 0.6 is 0 Å². The molecule has 0 aromatic carbocycles. The molecule has 0 N–H and O–H groups in total. The van der Waals surface area contributed by atoms with Crippen LogP contribution in [0.5, 0.6) is 0 Å². The van der Waals surface area contributed by atoms with Crippen molar-refractivity contribution < 1.29 is 13.3 Å². The molecule has 0 aromatic rings. The first kappa shape index (κ1) is 20.8. The molecule has 0 aliphatic heterocycles. The van der Waals surface area contributed by atoms with Crippen molar-refractivity contribution >= 4 is 8.80 Å². The van der Waals surface area contributed by atoms with Gasteiger partial charge in [0.25, 0.3) is 0 Å². The fourth-order valence-electron chi connectivity index (χ4n) is 3.06. The Labute approximate surface area is 133 Å². The fraction of sp³-hybridized carbons (Fsp3) is 0.882. The average Bonchev–Trinajstić information content (AvgIpc) is 2.47. The summed E-state index contributed by atoms with van der Waals surface area (Å²) >= 11 is 0. The second-order valence-corrected chi connectivity index (χ2v) is 8.48. The first-order chi connectivity index (χ1) is 10.1. The third kappa shape index (κ3) is 5.51. The van der Waals surface area contributed by atoms with Crippen LogP contribution < -0.4 is 0 Å². The van der Waals surface area contributed by atoms with E-state index in [1.54, 1.807) is 0 Å². The molecule has 21 heavy (non-hydrogen) atoms. The Kier molecular flexibility index (Phi) is 11.3. The average molecular weight is 317 g/mol. The lowest BCUT2D eigenvalue weighted by Crippen LogP contribution is -2.56. The van der Waals surface area contributed by atoms with Crippen molar-refractivity contribution in [3.05, 3.63) is 12.7 Å². The number of hydrogen-bond donors (Lipinski definition) is 0. The molecule has 0 aliphatic rings. The smallest absolute Gasteiger partial charge is 0.373 e. The minimum absolute atomic E-state index is 0.0358. The molecule has 0 aliphatic carbocycles. The van der Waals surface area contributed by atoms with Crippen molar-refractivity contribution in [2.75, 3.05) is 19.8 Å². The van der Waals surface area contributed by atoms with Gasteiger partial charge in [0, 0.05) is 24.9 Å². The molecular formula is C17H36O3Si. The van der Waals surface area contributed by atoms with Crippen LogP contribution in [-0.4, -0.2) is 28.6 Å². The highest BCUT2D eigenvalue weighted by atomic mass is 28.4. The maximum Gasteiger partial charge on any atom is 0.507 e. The maximum absolute atomic E-state index is 6.20. The molecule has 0 aromatic heterocycles. The Balaban J connectivity index is 5.52. The Hall–Kier alpha value is -0.163. The lowest BCUT2D eigenvalue weighted by atomic mass is 9.94. The van der Waals surface area contributed by atoms with Crippen LogP contribution in [0.15, 0.2) is 12.7 Å². The predicted octanol–water partition coefficient (Wildman–Crippen LogP) is 5.34. The van der Waals surface area contributed by atoms with Crippen molar-refractivity contribution in [1.29, 1.82) is 0 Å². The van der Waals surface area contributed by atoms with E-state index in [2.05, 4.69) is 20.4 Å². The van der Waals surface area contributed by atoms with E-state index in [0.717, 1.165) is 19.3 Å². The van der Waals surface area contributed by atoms with Gasteiger partial charge in [-0.15, -0.1) is 6.58 Å². The third-order valence-electron chi connectivity index (χ3n) is 4.12. The Morgan fingerprint density at radius 1 is 0.905 bits per heavy atom. The standard InChI is InChI=1S/C17H36O3Si/c1-7-13-14-16-17(9-3,15-8-2)21(18-10-4,19-11-5)20-12-6/h8H,2,7,9-16H2,1,3-6H3. The molecule has 1 atom stereocenters. The SMILES string of the molecule is C=CCC(CC)(CCCCC)[Si](OCC)(OCC)OCC. The third-order valence-corrected chi connectivity index (χ3v) is 8.24. The van der Waals surface area contributed by atoms with Crippen molar-refractivity contribution in [3.63, 3.8) is 0 Å². The zero-order valence-electron chi connectivity index (χ0n) is 14.9. The molecular weight excluding hydrogens is 280 g/mol. The van der Waals surface area contributed by atoms with Crippen molar-refractivity contribution in [3.8, 4) is 0 Å². The van der Waals surface area contributed by atoms with E-state index in [4.69, 9.17) is 13.3 Å². The number of unbranched alkanes of at least 4 members (excludes halogenated alkanes) is 2. The zero-order valence-corrected chi connectivity index (χ0v) is 15.9. The van der Waals surface area contributed by atoms with Crippen LogP contribution in [0.1, 0.15) is 73.1 Å². The van der Waals surface area contributed by atoms with Crippen LogP contribution in [-0.2, 0) is 13.3 Å². The van der Waals surface area contributed by atoms with Crippen LogP contribution in [0.25, 0.3) is 0 Å².